The van der Waals surface area contributed by atoms with Gasteiger partial charge in [0, 0.05) is 28.5 Å². The van der Waals surface area contributed by atoms with E-state index in [1.165, 1.54) is 5.69 Å². The number of hydrogen-bond donors (Lipinski definition) is 1. The van der Waals surface area contributed by atoms with Crippen molar-refractivity contribution in [1.29, 1.82) is 0 Å². The average Bonchev–Trinajstić information content (AvgIpc) is 3.18. The molecule has 0 aliphatic heterocycles. The molecule has 0 saturated heterocycles. The van der Waals surface area contributed by atoms with E-state index in [9.17, 15) is 4.79 Å². The standard InChI is InChI=1S/C21H19N3OS/c1-14-4-3-5-16(10-14)11-20(25)22-18-8-6-17(7-9-18)19-12-24-15(2)13-26-21(24)23-19/h3-10,12-13H,11H2,1-2H3,(H,22,25). The van der Waals surface area contributed by atoms with Gasteiger partial charge < -0.3 is 5.32 Å². The van der Waals surface area contributed by atoms with Gasteiger partial charge in [0.15, 0.2) is 4.96 Å². The van der Waals surface area contributed by atoms with Gasteiger partial charge in [0.2, 0.25) is 5.91 Å². The Hall–Kier alpha value is -2.92. The van der Waals surface area contributed by atoms with Crippen LogP contribution >= 0.6 is 11.3 Å². The van der Waals surface area contributed by atoms with Crippen molar-refractivity contribution in [3.63, 3.8) is 0 Å². The quantitative estimate of drug-likeness (QED) is 0.564. The first-order valence-corrected chi connectivity index (χ1v) is 9.35. The van der Waals surface area contributed by atoms with E-state index in [0.29, 0.717) is 6.42 Å². The van der Waals surface area contributed by atoms with Crippen LogP contribution < -0.4 is 5.32 Å². The molecular weight excluding hydrogens is 342 g/mol. The zero-order valence-corrected chi connectivity index (χ0v) is 15.5. The Morgan fingerprint density at radius 1 is 1.15 bits per heavy atom. The first-order valence-electron chi connectivity index (χ1n) is 8.47. The van der Waals surface area contributed by atoms with Gasteiger partial charge in [-0.1, -0.05) is 42.0 Å². The molecule has 0 fully saturated rings. The molecule has 0 atom stereocenters. The summed E-state index contributed by atoms with van der Waals surface area (Å²) in [5.74, 6) is -0.0125. The Bertz CT molecular complexity index is 1080. The van der Waals surface area contributed by atoms with Gasteiger partial charge in [-0.25, -0.2) is 4.98 Å². The summed E-state index contributed by atoms with van der Waals surface area (Å²) in [6, 6.07) is 15.8. The molecular formula is C21H19N3OS. The lowest BCUT2D eigenvalue weighted by molar-refractivity contribution is -0.115. The fraction of sp³-hybridized carbons (Fsp3) is 0.143. The number of carbonyl (C=O) groups is 1. The van der Waals surface area contributed by atoms with Crippen LogP contribution in [0.3, 0.4) is 0 Å². The third kappa shape index (κ3) is 3.39. The van der Waals surface area contributed by atoms with Crippen molar-refractivity contribution >= 4 is 27.9 Å². The molecule has 1 amide bonds. The summed E-state index contributed by atoms with van der Waals surface area (Å²) in [4.78, 5) is 17.9. The summed E-state index contributed by atoms with van der Waals surface area (Å²) in [5.41, 5.74) is 6.14. The maximum Gasteiger partial charge on any atom is 0.228 e. The first-order chi connectivity index (χ1) is 12.6. The predicted octanol–water partition coefficient (Wildman–Crippen LogP) is 4.86. The van der Waals surface area contributed by atoms with Gasteiger partial charge in [-0.05, 0) is 31.5 Å². The summed E-state index contributed by atoms with van der Waals surface area (Å²) < 4.78 is 2.09. The molecule has 0 bridgehead atoms. The molecule has 0 saturated carbocycles. The van der Waals surface area contributed by atoms with E-state index in [1.54, 1.807) is 11.3 Å². The van der Waals surface area contributed by atoms with Crippen LogP contribution in [0.4, 0.5) is 5.69 Å². The molecule has 4 aromatic rings. The maximum atomic E-state index is 12.2. The summed E-state index contributed by atoms with van der Waals surface area (Å²) in [6.07, 6.45) is 2.42. The fourth-order valence-electron chi connectivity index (χ4n) is 2.97. The number of aromatic nitrogens is 2. The van der Waals surface area contributed by atoms with Crippen LogP contribution in [-0.4, -0.2) is 15.3 Å². The Labute approximate surface area is 156 Å². The summed E-state index contributed by atoms with van der Waals surface area (Å²) in [7, 11) is 0. The molecule has 2 aromatic heterocycles. The number of benzene rings is 2. The fourth-order valence-corrected chi connectivity index (χ4v) is 3.82. The number of amides is 1. The van der Waals surface area contributed by atoms with E-state index in [2.05, 4.69) is 27.0 Å². The van der Waals surface area contributed by atoms with E-state index in [1.807, 2.05) is 61.7 Å². The smallest absolute Gasteiger partial charge is 0.228 e. The average molecular weight is 361 g/mol. The van der Waals surface area contributed by atoms with Crippen LogP contribution in [0.15, 0.2) is 60.1 Å². The van der Waals surface area contributed by atoms with Crippen molar-refractivity contribution in [3.05, 3.63) is 76.9 Å². The van der Waals surface area contributed by atoms with Gasteiger partial charge in [0.25, 0.3) is 0 Å². The predicted molar refractivity (Wildman–Crippen MR) is 107 cm³/mol. The van der Waals surface area contributed by atoms with Crippen molar-refractivity contribution in [3.8, 4) is 11.3 Å². The van der Waals surface area contributed by atoms with Gasteiger partial charge in [0.1, 0.15) is 0 Å². The van der Waals surface area contributed by atoms with E-state index in [4.69, 9.17) is 0 Å². The molecule has 0 aliphatic rings. The number of carbonyl (C=O) groups excluding carboxylic acids is 1. The molecule has 0 radical (unpaired) electrons. The normalized spacial score (nSPS) is 11.0. The first kappa shape index (κ1) is 16.5. The minimum Gasteiger partial charge on any atom is -0.326 e. The minimum absolute atomic E-state index is 0.0125. The summed E-state index contributed by atoms with van der Waals surface area (Å²) in [6.45, 7) is 4.10. The molecule has 4 nitrogen and oxygen atoms in total. The third-order valence-corrected chi connectivity index (χ3v) is 5.26. The number of aryl methyl sites for hydroxylation is 2. The summed E-state index contributed by atoms with van der Waals surface area (Å²) >= 11 is 1.64. The topological polar surface area (TPSA) is 46.4 Å². The van der Waals surface area contributed by atoms with Crippen LogP contribution in [0.2, 0.25) is 0 Å². The van der Waals surface area contributed by atoms with Crippen LogP contribution in [-0.2, 0) is 11.2 Å². The zero-order chi connectivity index (χ0) is 18.1. The molecule has 0 unspecified atom stereocenters. The number of imidazole rings is 1. The zero-order valence-electron chi connectivity index (χ0n) is 14.7. The molecule has 2 heterocycles. The molecule has 2 aromatic carbocycles. The number of thiazole rings is 1. The highest BCUT2D eigenvalue weighted by Gasteiger charge is 2.08. The minimum atomic E-state index is -0.0125. The van der Waals surface area contributed by atoms with Gasteiger partial charge in [-0.3, -0.25) is 9.20 Å². The SMILES string of the molecule is Cc1cccc(CC(=O)Nc2ccc(-c3cn4c(C)csc4n3)cc2)c1. The van der Waals surface area contributed by atoms with Gasteiger partial charge in [0.05, 0.1) is 12.1 Å². The van der Waals surface area contributed by atoms with Crippen molar-refractivity contribution in [1.82, 2.24) is 9.38 Å². The van der Waals surface area contributed by atoms with Crippen molar-refractivity contribution in [2.45, 2.75) is 20.3 Å². The van der Waals surface area contributed by atoms with E-state index in [-0.39, 0.29) is 5.91 Å². The highest BCUT2D eigenvalue weighted by atomic mass is 32.1. The second-order valence-corrected chi connectivity index (χ2v) is 7.28. The van der Waals surface area contributed by atoms with Crippen molar-refractivity contribution in [2.75, 3.05) is 5.32 Å². The maximum absolute atomic E-state index is 12.2. The van der Waals surface area contributed by atoms with E-state index in [0.717, 1.165) is 33.0 Å². The van der Waals surface area contributed by atoms with Crippen LogP contribution in [0.5, 0.6) is 0 Å². The van der Waals surface area contributed by atoms with Crippen molar-refractivity contribution < 1.29 is 4.79 Å². The van der Waals surface area contributed by atoms with Gasteiger partial charge in [-0.15, -0.1) is 11.3 Å². The number of anilines is 1. The van der Waals surface area contributed by atoms with Crippen LogP contribution in [0, 0.1) is 13.8 Å². The second kappa shape index (κ2) is 6.77. The lowest BCUT2D eigenvalue weighted by Crippen LogP contribution is -2.14. The molecule has 0 aliphatic carbocycles. The highest BCUT2D eigenvalue weighted by Crippen LogP contribution is 2.24. The monoisotopic (exact) mass is 361 g/mol. The molecule has 5 heteroatoms. The van der Waals surface area contributed by atoms with Gasteiger partial charge in [-0.2, -0.15) is 0 Å². The lowest BCUT2D eigenvalue weighted by atomic mass is 10.1. The highest BCUT2D eigenvalue weighted by molar-refractivity contribution is 7.15. The number of nitrogens with one attached hydrogen (secondary N) is 1. The molecule has 4 rings (SSSR count). The van der Waals surface area contributed by atoms with Crippen LogP contribution in [0.1, 0.15) is 16.8 Å². The lowest BCUT2D eigenvalue weighted by Gasteiger charge is -2.06. The Morgan fingerprint density at radius 2 is 1.96 bits per heavy atom. The molecule has 130 valence electrons. The van der Waals surface area contributed by atoms with Crippen molar-refractivity contribution in [2.24, 2.45) is 0 Å². The summed E-state index contributed by atoms with van der Waals surface area (Å²) in [5, 5.41) is 5.05. The number of nitrogens with zero attached hydrogens (tertiary/aromatic N) is 2. The Balaban J connectivity index is 1.46. The molecule has 26 heavy (non-hydrogen) atoms. The van der Waals surface area contributed by atoms with E-state index < -0.39 is 0 Å². The third-order valence-electron chi connectivity index (χ3n) is 4.30. The Kier molecular flexibility index (Phi) is 4.31. The number of fused-ring (bicyclic) bond motifs is 1. The second-order valence-electron chi connectivity index (χ2n) is 6.45. The number of hydrogen-bond acceptors (Lipinski definition) is 3. The van der Waals surface area contributed by atoms with Gasteiger partial charge >= 0.3 is 0 Å². The largest absolute Gasteiger partial charge is 0.326 e. The van der Waals surface area contributed by atoms with E-state index >= 15 is 0 Å². The molecule has 1 N–H and O–H groups in total. The number of rotatable bonds is 4. The Morgan fingerprint density at radius 3 is 2.69 bits per heavy atom. The van der Waals surface area contributed by atoms with Crippen LogP contribution in [0.25, 0.3) is 16.2 Å². The molecule has 0 spiro atoms.